The molecule has 0 atom stereocenters. The number of carbonyl (C=O) groups is 2. The van der Waals surface area contributed by atoms with Gasteiger partial charge in [0, 0.05) is 31.8 Å². The van der Waals surface area contributed by atoms with E-state index in [1.54, 1.807) is 18.2 Å². The van der Waals surface area contributed by atoms with E-state index in [4.69, 9.17) is 10.00 Å². The lowest BCUT2D eigenvalue weighted by Crippen LogP contribution is -2.52. The van der Waals surface area contributed by atoms with E-state index in [1.165, 1.54) is 0 Å². The highest BCUT2D eigenvalue weighted by Crippen LogP contribution is 2.40. The molecule has 5 nitrogen and oxygen atoms in total. The maximum Gasteiger partial charge on any atom is 0.225 e. The Morgan fingerprint density at radius 3 is 2.70 bits per heavy atom. The second-order valence-corrected chi connectivity index (χ2v) is 6.81. The molecule has 1 saturated heterocycles. The first-order chi connectivity index (χ1) is 11.1. The van der Waals surface area contributed by atoms with Crippen LogP contribution in [0.3, 0.4) is 0 Å². The van der Waals surface area contributed by atoms with Gasteiger partial charge in [-0.1, -0.05) is 0 Å². The quantitative estimate of drug-likeness (QED) is 0.798. The van der Waals surface area contributed by atoms with Crippen molar-refractivity contribution in [2.24, 2.45) is 5.92 Å². The largest absolute Gasteiger partial charge is 0.486 e. The standard InChI is InChI=1S/C18H18N2O3/c19-11-12-1-4-16-14(9-12)15(21)10-18(23-16)5-7-20(8-6-18)17(22)13-2-3-13/h1,4,9,13H,2-3,5-8,10H2. The van der Waals surface area contributed by atoms with E-state index >= 15 is 0 Å². The summed E-state index contributed by atoms with van der Waals surface area (Å²) in [7, 11) is 0. The number of nitrogens with zero attached hydrogens (tertiary/aromatic N) is 2. The molecule has 4 rings (SSSR count). The molecule has 1 aromatic carbocycles. The minimum atomic E-state index is -0.488. The molecule has 0 unspecified atom stereocenters. The van der Waals surface area contributed by atoms with Crippen LogP contribution < -0.4 is 4.74 Å². The van der Waals surface area contributed by atoms with Gasteiger partial charge in [-0.15, -0.1) is 0 Å². The summed E-state index contributed by atoms with van der Waals surface area (Å²) in [4.78, 5) is 26.6. The van der Waals surface area contributed by atoms with Crippen LogP contribution in [0, 0.1) is 17.2 Å². The van der Waals surface area contributed by atoms with Crippen molar-refractivity contribution in [1.29, 1.82) is 5.26 Å². The second kappa shape index (κ2) is 5.09. The summed E-state index contributed by atoms with van der Waals surface area (Å²) in [5, 5.41) is 8.96. The van der Waals surface area contributed by atoms with Crippen LogP contribution in [0.25, 0.3) is 0 Å². The van der Waals surface area contributed by atoms with Gasteiger partial charge in [-0.25, -0.2) is 0 Å². The van der Waals surface area contributed by atoms with Gasteiger partial charge in [0.25, 0.3) is 0 Å². The number of likely N-dealkylation sites (tertiary alicyclic amines) is 1. The first-order valence-corrected chi connectivity index (χ1v) is 8.15. The van der Waals surface area contributed by atoms with Gasteiger partial charge in [-0.05, 0) is 31.0 Å². The highest BCUT2D eigenvalue weighted by Gasteiger charge is 2.45. The molecular formula is C18H18N2O3. The second-order valence-electron chi connectivity index (χ2n) is 6.81. The van der Waals surface area contributed by atoms with Crippen molar-refractivity contribution >= 4 is 11.7 Å². The number of fused-ring (bicyclic) bond motifs is 1. The van der Waals surface area contributed by atoms with Gasteiger partial charge < -0.3 is 9.64 Å². The van der Waals surface area contributed by atoms with E-state index in [2.05, 4.69) is 6.07 Å². The SMILES string of the molecule is N#Cc1ccc2c(c1)C(=O)CC1(CCN(C(=O)C3CC3)CC1)O2. The normalized spacial score (nSPS) is 22.2. The van der Waals surface area contributed by atoms with Crippen LogP contribution in [0.5, 0.6) is 5.75 Å². The number of rotatable bonds is 1. The Morgan fingerprint density at radius 2 is 2.04 bits per heavy atom. The number of hydrogen-bond donors (Lipinski definition) is 0. The number of hydrogen-bond acceptors (Lipinski definition) is 4. The van der Waals surface area contributed by atoms with Crippen molar-refractivity contribution in [2.75, 3.05) is 13.1 Å². The molecule has 2 aliphatic heterocycles. The fraction of sp³-hybridized carbons (Fsp3) is 0.500. The Balaban J connectivity index is 1.52. The first-order valence-electron chi connectivity index (χ1n) is 8.15. The third-order valence-corrected chi connectivity index (χ3v) is 5.13. The monoisotopic (exact) mass is 310 g/mol. The van der Waals surface area contributed by atoms with Crippen molar-refractivity contribution < 1.29 is 14.3 Å². The number of carbonyl (C=O) groups excluding carboxylic acids is 2. The lowest BCUT2D eigenvalue weighted by molar-refractivity contribution is -0.136. The van der Waals surface area contributed by atoms with Crippen molar-refractivity contribution in [2.45, 2.75) is 37.7 Å². The molecule has 1 amide bonds. The average molecular weight is 310 g/mol. The zero-order valence-electron chi connectivity index (χ0n) is 12.9. The van der Waals surface area contributed by atoms with E-state index in [0.717, 1.165) is 12.8 Å². The maximum absolute atomic E-state index is 12.5. The van der Waals surface area contributed by atoms with Crippen LogP contribution in [0.2, 0.25) is 0 Å². The van der Waals surface area contributed by atoms with Crippen LogP contribution in [0.15, 0.2) is 18.2 Å². The molecule has 2 fully saturated rings. The predicted molar refractivity (Wildman–Crippen MR) is 82.0 cm³/mol. The Labute approximate surface area is 134 Å². The van der Waals surface area contributed by atoms with Gasteiger partial charge in [-0.3, -0.25) is 9.59 Å². The van der Waals surface area contributed by atoms with E-state index in [-0.39, 0.29) is 17.6 Å². The summed E-state index contributed by atoms with van der Waals surface area (Å²) in [6.07, 6.45) is 3.75. The van der Waals surface area contributed by atoms with Gasteiger partial charge in [0.2, 0.25) is 5.91 Å². The smallest absolute Gasteiger partial charge is 0.225 e. The minimum absolute atomic E-state index is 0.0327. The van der Waals surface area contributed by atoms with Crippen LogP contribution >= 0.6 is 0 Å². The molecule has 118 valence electrons. The summed E-state index contributed by atoms with van der Waals surface area (Å²) < 4.78 is 6.17. The molecule has 0 radical (unpaired) electrons. The summed E-state index contributed by atoms with van der Waals surface area (Å²) in [5.74, 6) is 1.11. The third-order valence-electron chi connectivity index (χ3n) is 5.13. The zero-order valence-corrected chi connectivity index (χ0v) is 12.9. The molecule has 23 heavy (non-hydrogen) atoms. The van der Waals surface area contributed by atoms with Gasteiger partial charge in [0.15, 0.2) is 5.78 Å². The molecule has 0 aromatic heterocycles. The number of ketones is 1. The van der Waals surface area contributed by atoms with E-state index in [0.29, 0.717) is 49.2 Å². The summed E-state index contributed by atoms with van der Waals surface area (Å²) in [5.41, 5.74) is 0.492. The van der Waals surface area contributed by atoms with E-state index < -0.39 is 5.60 Å². The number of amides is 1. The number of nitriles is 1. The molecule has 5 heteroatoms. The van der Waals surface area contributed by atoms with E-state index in [9.17, 15) is 9.59 Å². The fourth-order valence-electron chi connectivity index (χ4n) is 3.57. The Bertz CT molecular complexity index is 722. The highest BCUT2D eigenvalue weighted by molar-refractivity contribution is 6.00. The van der Waals surface area contributed by atoms with Gasteiger partial charge in [0.1, 0.15) is 11.4 Å². The Hall–Kier alpha value is -2.35. The van der Waals surface area contributed by atoms with E-state index in [1.807, 2.05) is 4.90 Å². The molecule has 0 bridgehead atoms. The van der Waals surface area contributed by atoms with Crippen molar-refractivity contribution in [3.63, 3.8) is 0 Å². The number of benzene rings is 1. The lowest BCUT2D eigenvalue weighted by atomic mass is 9.82. The van der Waals surface area contributed by atoms with Gasteiger partial charge >= 0.3 is 0 Å². The van der Waals surface area contributed by atoms with Crippen molar-refractivity contribution in [1.82, 2.24) is 4.90 Å². The summed E-state index contributed by atoms with van der Waals surface area (Å²) >= 11 is 0. The van der Waals surface area contributed by atoms with Crippen molar-refractivity contribution in [3.8, 4) is 11.8 Å². The Kier molecular flexibility index (Phi) is 3.15. The maximum atomic E-state index is 12.5. The molecule has 3 aliphatic rings. The van der Waals surface area contributed by atoms with Crippen LogP contribution in [0.1, 0.15) is 48.0 Å². The molecule has 1 spiro atoms. The summed E-state index contributed by atoms with van der Waals surface area (Å²) in [6.45, 7) is 1.32. The lowest BCUT2D eigenvalue weighted by Gasteiger charge is -2.44. The van der Waals surface area contributed by atoms with Crippen molar-refractivity contribution in [3.05, 3.63) is 29.3 Å². The molecular weight excluding hydrogens is 292 g/mol. The van der Waals surface area contributed by atoms with Crippen LogP contribution in [0.4, 0.5) is 0 Å². The van der Waals surface area contributed by atoms with Crippen LogP contribution in [-0.2, 0) is 4.79 Å². The van der Waals surface area contributed by atoms with Gasteiger partial charge in [-0.2, -0.15) is 5.26 Å². The first kappa shape index (κ1) is 14.3. The molecule has 0 N–H and O–H groups in total. The number of Topliss-reactive ketones (excluding diaryl/α,β-unsaturated/α-hetero) is 1. The third kappa shape index (κ3) is 2.48. The topological polar surface area (TPSA) is 70.4 Å². The summed E-state index contributed by atoms with van der Waals surface area (Å²) in [6, 6.07) is 7.05. The zero-order chi connectivity index (χ0) is 16.0. The number of ether oxygens (including phenoxy) is 1. The highest BCUT2D eigenvalue weighted by atomic mass is 16.5. The minimum Gasteiger partial charge on any atom is -0.486 e. The average Bonchev–Trinajstić information content (AvgIpc) is 3.40. The Morgan fingerprint density at radius 1 is 1.30 bits per heavy atom. The molecule has 1 aromatic rings. The predicted octanol–water partition coefficient (Wildman–Crippen LogP) is 2.29. The van der Waals surface area contributed by atoms with Gasteiger partial charge in [0.05, 0.1) is 23.6 Å². The fourth-order valence-corrected chi connectivity index (χ4v) is 3.57. The van der Waals surface area contributed by atoms with Crippen LogP contribution in [-0.4, -0.2) is 35.3 Å². The molecule has 1 saturated carbocycles. The molecule has 2 heterocycles. The molecule has 1 aliphatic carbocycles. The number of piperidine rings is 1.